The van der Waals surface area contributed by atoms with Gasteiger partial charge in [-0.2, -0.15) is 11.8 Å². The third-order valence-electron chi connectivity index (χ3n) is 2.05. The molecule has 1 rings (SSSR count). The van der Waals surface area contributed by atoms with Gasteiger partial charge in [-0.15, -0.1) is 0 Å². The Morgan fingerprint density at radius 1 is 1.38 bits per heavy atom. The summed E-state index contributed by atoms with van der Waals surface area (Å²) in [5.74, 6) is 2.04. The van der Waals surface area contributed by atoms with E-state index < -0.39 is 0 Å². The maximum atomic E-state index is 4.30. The van der Waals surface area contributed by atoms with Crippen LogP contribution in [0.4, 0.5) is 5.82 Å². The minimum atomic E-state index is 0.320. The van der Waals surface area contributed by atoms with Gasteiger partial charge in [0.2, 0.25) is 0 Å². The lowest BCUT2D eigenvalue weighted by Crippen LogP contribution is -2.08. The Balaban J connectivity index is 2.53. The molecule has 0 unspecified atom stereocenters. The Labute approximate surface area is 103 Å². The van der Waals surface area contributed by atoms with Crippen molar-refractivity contribution in [3.63, 3.8) is 0 Å². The van der Waals surface area contributed by atoms with E-state index in [0.29, 0.717) is 4.75 Å². The standard InChI is InChI=1S/C13H22N2S/c1-5-7-14-12-9-11(6-8-15-12)10-16-13(2,3)4/h6,8-9H,5,7,10H2,1-4H3,(H,14,15). The molecule has 0 radical (unpaired) electrons. The van der Waals surface area contributed by atoms with Crippen LogP contribution in [0.3, 0.4) is 0 Å². The molecular formula is C13H22N2S. The molecule has 0 aliphatic carbocycles. The second kappa shape index (κ2) is 6.14. The SMILES string of the molecule is CCCNc1cc(CSC(C)(C)C)ccn1. The summed E-state index contributed by atoms with van der Waals surface area (Å²) in [5.41, 5.74) is 1.34. The van der Waals surface area contributed by atoms with Crippen molar-refractivity contribution in [2.45, 2.75) is 44.6 Å². The molecule has 1 heterocycles. The van der Waals surface area contributed by atoms with E-state index in [2.05, 4.69) is 50.1 Å². The van der Waals surface area contributed by atoms with Gasteiger partial charge in [0.15, 0.2) is 0 Å². The molecule has 0 spiro atoms. The average molecular weight is 238 g/mol. The molecule has 2 nitrogen and oxygen atoms in total. The minimum absolute atomic E-state index is 0.320. The maximum absolute atomic E-state index is 4.30. The fourth-order valence-corrected chi connectivity index (χ4v) is 1.99. The Morgan fingerprint density at radius 3 is 2.75 bits per heavy atom. The second-order valence-electron chi connectivity index (χ2n) is 4.88. The smallest absolute Gasteiger partial charge is 0.126 e. The highest BCUT2D eigenvalue weighted by atomic mass is 32.2. The van der Waals surface area contributed by atoms with Crippen molar-refractivity contribution in [1.82, 2.24) is 4.98 Å². The molecule has 1 aromatic rings. The molecule has 90 valence electrons. The summed E-state index contributed by atoms with van der Waals surface area (Å²) in [6, 6.07) is 4.24. The fraction of sp³-hybridized carbons (Fsp3) is 0.615. The van der Waals surface area contributed by atoms with Gasteiger partial charge in [-0.25, -0.2) is 4.98 Å². The Kier molecular flexibility index (Phi) is 5.13. The van der Waals surface area contributed by atoms with Gasteiger partial charge < -0.3 is 5.32 Å². The second-order valence-corrected chi connectivity index (χ2v) is 6.68. The molecule has 1 N–H and O–H groups in total. The van der Waals surface area contributed by atoms with Gasteiger partial charge in [-0.3, -0.25) is 0 Å². The first-order chi connectivity index (χ1) is 7.51. The van der Waals surface area contributed by atoms with Crippen LogP contribution in [-0.2, 0) is 5.75 Å². The van der Waals surface area contributed by atoms with E-state index in [1.165, 1.54) is 5.56 Å². The van der Waals surface area contributed by atoms with Crippen LogP contribution >= 0.6 is 11.8 Å². The first-order valence-corrected chi connectivity index (χ1v) is 6.82. The van der Waals surface area contributed by atoms with E-state index in [9.17, 15) is 0 Å². The summed E-state index contributed by atoms with van der Waals surface area (Å²) in [6.45, 7) is 9.88. The first kappa shape index (κ1) is 13.4. The number of anilines is 1. The highest BCUT2D eigenvalue weighted by Gasteiger charge is 2.10. The average Bonchev–Trinajstić information content (AvgIpc) is 2.23. The normalized spacial score (nSPS) is 11.5. The summed E-state index contributed by atoms with van der Waals surface area (Å²) < 4.78 is 0.320. The van der Waals surface area contributed by atoms with Gasteiger partial charge in [0.1, 0.15) is 5.82 Å². The van der Waals surface area contributed by atoms with Crippen molar-refractivity contribution in [3.05, 3.63) is 23.9 Å². The Bertz CT molecular complexity index is 318. The van der Waals surface area contributed by atoms with Crippen LogP contribution in [-0.4, -0.2) is 16.3 Å². The van der Waals surface area contributed by atoms with Gasteiger partial charge in [0.25, 0.3) is 0 Å². The number of nitrogens with zero attached hydrogens (tertiary/aromatic N) is 1. The molecule has 0 aliphatic heterocycles. The molecule has 1 aromatic heterocycles. The van der Waals surface area contributed by atoms with E-state index in [-0.39, 0.29) is 0 Å². The number of rotatable bonds is 5. The van der Waals surface area contributed by atoms with Crippen molar-refractivity contribution >= 4 is 17.6 Å². The number of nitrogens with one attached hydrogen (secondary N) is 1. The monoisotopic (exact) mass is 238 g/mol. The highest BCUT2D eigenvalue weighted by Crippen LogP contribution is 2.27. The molecule has 0 amide bonds. The molecule has 0 atom stereocenters. The molecule has 3 heteroatoms. The third-order valence-corrected chi connectivity index (χ3v) is 3.40. The van der Waals surface area contributed by atoms with Crippen LogP contribution in [0.2, 0.25) is 0 Å². The zero-order valence-electron chi connectivity index (χ0n) is 10.7. The number of thioether (sulfide) groups is 1. The highest BCUT2D eigenvalue weighted by molar-refractivity contribution is 7.99. The number of hydrogen-bond donors (Lipinski definition) is 1. The molecule has 0 aliphatic rings. The summed E-state index contributed by atoms with van der Waals surface area (Å²) in [7, 11) is 0. The number of hydrogen-bond acceptors (Lipinski definition) is 3. The van der Waals surface area contributed by atoms with Crippen LogP contribution in [0.5, 0.6) is 0 Å². The predicted octanol–water partition coefficient (Wildman–Crippen LogP) is 3.94. The molecule has 0 aromatic carbocycles. The lowest BCUT2D eigenvalue weighted by molar-refractivity contribution is 0.802. The first-order valence-electron chi connectivity index (χ1n) is 5.84. The molecule has 0 saturated carbocycles. The van der Waals surface area contributed by atoms with E-state index in [0.717, 1.165) is 24.5 Å². The van der Waals surface area contributed by atoms with Gasteiger partial charge in [0.05, 0.1) is 0 Å². The van der Waals surface area contributed by atoms with Gasteiger partial charge in [-0.05, 0) is 24.1 Å². The Hall–Kier alpha value is -0.700. The quantitative estimate of drug-likeness (QED) is 0.841. The number of pyridine rings is 1. The summed E-state index contributed by atoms with van der Waals surface area (Å²) >= 11 is 1.96. The van der Waals surface area contributed by atoms with E-state index in [4.69, 9.17) is 0 Å². The lowest BCUT2D eigenvalue weighted by atomic mass is 10.3. The third kappa shape index (κ3) is 5.40. The van der Waals surface area contributed by atoms with Crippen LogP contribution in [0.25, 0.3) is 0 Å². The van der Waals surface area contributed by atoms with E-state index in [1.54, 1.807) is 0 Å². The summed E-state index contributed by atoms with van der Waals surface area (Å²) in [6.07, 6.45) is 3.01. The Morgan fingerprint density at radius 2 is 2.12 bits per heavy atom. The molecule has 16 heavy (non-hydrogen) atoms. The lowest BCUT2D eigenvalue weighted by Gasteiger charge is -2.17. The molecule has 0 saturated heterocycles. The summed E-state index contributed by atoms with van der Waals surface area (Å²) in [5, 5.41) is 3.31. The van der Waals surface area contributed by atoms with Crippen molar-refractivity contribution in [1.29, 1.82) is 0 Å². The van der Waals surface area contributed by atoms with Gasteiger partial charge in [-0.1, -0.05) is 27.7 Å². The van der Waals surface area contributed by atoms with Crippen molar-refractivity contribution < 1.29 is 0 Å². The van der Waals surface area contributed by atoms with Crippen molar-refractivity contribution in [3.8, 4) is 0 Å². The van der Waals surface area contributed by atoms with Crippen LogP contribution in [0.15, 0.2) is 18.3 Å². The molecule has 0 fully saturated rings. The van der Waals surface area contributed by atoms with Gasteiger partial charge in [0, 0.05) is 23.2 Å². The topological polar surface area (TPSA) is 24.9 Å². The number of aromatic nitrogens is 1. The van der Waals surface area contributed by atoms with Gasteiger partial charge >= 0.3 is 0 Å². The predicted molar refractivity (Wildman–Crippen MR) is 74.1 cm³/mol. The largest absolute Gasteiger partial charge is 0.370 e. The van der Waals surface area contributed by atoms with Crippen molar-refractivity contribution in [2.24, 2.45) is 0 Å². The van der Waals surface area contributed by atoms with E-state index in [1.807, 2.05) is 18.0 Å². The van der Waals surface area contributed by atoms with Crippen LogP contribution in [0, 0.1) is 0 Å². The zero-order chi connectivity index (χ0) is 12.0. The summed E-state index contributed by atoms with van der Waals surface area (Å²) in [4.78, 5) is 4.30. The van der Waals surface area contributed by atoms with Crippen molar-refractivity contribution in [2.75, 3.05) is 11.9 Å². The zero-order valence-corrected chi connectivity index (χ0v) is 11.5. The van der Waals surface area contributed by atoms with Crippen LogP contribution < -0.4 is 5.32 Å². The fourth-order valence-electron chi connectivity index (χ4n) is 1.21. The van der Waals surface area contributed by atoms with Crippen LogP contribution in [0.1, 0.15) is 39.7 Å². The van der Waals surface area contributed by atoms with E-state index >= 15 is 0 Å². The molecule has 0 bridgehead atoms. The minimum Gasteiger partial charge on any atom is -0.370 e. The molecular weight excluding hydrogens is 216 g/mol. The maximum Gasteiger partial charge on any atom is 0.126 e.